The number of nitrogens with one attached hydrogen (secondary N) is 1. The molecule has 0 saturated carbocycles. The van der Waals surface area contributed by atoms with E-state index in [1.54, 1.807) is 12.0 Å². The standard InChI is InChI=1S/C15H17N3O3/c1-20-14-8-11-10(9-17-12(11)3-4-16)7-13(14)18-5-2-6-21-15(18)19/h7-8,12,17H,2-3,5-6,9H2,1H3. The van der Waals surface area contributed by atoms with E-state index < -0.39 is 0 Å². The topological polar surface area (TPSA) is 74.6 Å². The molecule has 1 fully saturated rings. The Hall–Kier alpha value is -2.26. The quantitative estimate of drug-likeness (QED) is 0.921. The molecule has 1 unspecified atom stereocenters. The Bertz CT molecular complexity index is 609. The van der Waals surface area contributed by atoms with Crippen molar-refractivity contribution in [3.8, 4) is 11.8 Å². The Kier molecular flexibility index (Phi) is 3.67. The van der Waals surface area contributed by atoms with Crippen molar-refractivity contribution in [2.45, 2.75) is 25.4 Å². The van der Waals surface area contributed by atoms with Crippen LogP contribution in [-0.4, -0.2) is 26.4 Å². The first-order valence-corrected chi connectivity index (χ1v) is 7.00. The highest BCUT2D eigenvalue weighted by atomic mass is 16.6. The van der Waals surface area contributed by atoms with Gasteiger partial charge < -0.3 is 14.8 Å². The van der Waals surface area contributed by atoms with E-state index in [9.17, 15) is 4.79 Å². The summed E-state index contributed by atoms with van der Waals surface area (Å²) in [5.41, 5.74) is 2.91. The molecule has 21 heavy (non-hydrogen) atoms. The Morgan fingerprint density at radius 1 is 1.57 bits per heavy atom. The van der Waals surface area contributed by atoms with Gasteiger partial charge in [-0.05, 0) is 29.7 Å². The third kappa shape index (κ3) is 2.41. The lowest BCUT2D eigenvalue weighted by molar-refractivity contribution is 0.140. The second kappa shape index (κ2) is 5.62. The highest BCUT2D eigenvalue weighted by Crippen LogP contribution is 2.38. The van der Waals surface area contributed by atoms with Gasteiger partial charge in [-0.1, -0.05) is 0 Å². The van der Waals surface area contributed by atoms with E-state index in [0.29, 0.717) is 31.9 Å². The minimum Gasteiger partial charge on any atom is -0.495 e. The van der Waals surface area contributed by atoms with Crippen molar-refractivity contribution in [1.29, 1.82) is 5.26 Å². The van der Waals surface area contributed by atoms with Crippen molar-refractivity contribution in [2.75, 3.05) is 25.2 Å². The lowest BCUT2D eigenvalue weighted by Crippen LogP contribution is -2.38. The maximum absolute atomic E-state index is 11.9. The Labute approximate surface area is 123 Å². The molecule has 0 bridgehead atoms. The fourth-order valence-corrected chi connectivity index (χ4v) is 2.87. The number of hydrogen-bond donors (Lipinski definition) is 1. The van der Waals surface area contributed by atoms with Crippen LogP contribution in [0.25, 0.3) is 0 Å². The Morgan fingerprint density at radius 2 is 2.43 bits per heavy atom. The zero-order chi connectivity index (χ0) is 14.8. The van der Waals surface area contributed by atoms with E-state index in [1.807, 2.05) is 12.1 Å². The van der Waals surface area contributed by atoms with Crippen molar-refractivity contribution in [1.82, 2.24) is 5.32 Å². The average molecular weight is 287 g/mol. The largest absolute Gasteiger partial charge is 0.495 e. The number of nitriles is 1. The number of ether oxygens (including phenoxy) is 2. The second-order valence-electron chi connectivity index (χ2n) is 5.14. The van der Waals surface area contributed by atoms with Gasteiger partial charge in [0.15, 0.2) is 0 Å². The third-order valence-electron chi connectivity index (χ3n) is 3.91. The summed E-state index contributed by atoms with van der Waals surface area (Å²) in [7, 11) is 1.59. The summed E-state index contributed by atoms with van der Waals surface area (Å²) in [5, 5.41) is 12.2. The van der Waals surface area contributed by atoms with E-state index in [4.69, 9.17) is 14.7 Å². The number of nitrogens with zero attached hydrogens (tertiary/aromatic N) is 2. The minimum absolute atomic E-state index is 0.0289. The summed E-state index contributed by atoms with van der Waals surface area (Å²) in [5.74, 6) is 0.638. The summed E-state index contributed by atoms with van der Waals surface area (Å²) in [4.78, 5) is 13.5. The van der Waals surface area contributed by atoms with E-state index in [0.717, 1.165) is 23.2 Å². The Balaban J connectivity index is 1.99. The van der Waals surface area contributed by atoms with Crippen LogP contribution in [0.5, 0.6) is 5.75 Å². The molecule has 1 atom stereocenters. The van der Waals surface area contributed by atoms with E-state index in [-0.39, 0.29) is 12.1 Å². The first kappa shape index (κ1) is 13.7. The minimum atomic E-state index is -0.334. The van der Waals surface area contributed by atoms with Gasteiger partial charge in [-0.2, -0.15) is 5.26 Å². The van der Waals surface area contributed by atoms with Gasteiger partial charge in [-0.3, -0.25) is 4.90 Å². The molecular weight excluding hydrogens is 270 g/mol. The highest BCUT2D eigenvalue weighted by Gasteiger charge is 2.29. The molecule has 3 rings (SSSR count). The van der Waals surface area contributed by atoms with Gasteiger partial charge in [0.25, 0.3) is 0 Å². The third-order valence-corrected chi connectivity index (χ3v) is 3.91. The first-order chi connectivity index (χ1) is 10.2. The number of methoxy groups -OCH3 is 1. The normalized spacial score (nSPS) is 20.7. The number of carbonyl (C=O) groups is 1. The second-order valence-corrected chi connectivity index (χ2v) is 5.14. The number of carbonyl (C=O) groups excluding carboxylic acids is 1. The molecule has 1 saturated heterocycles. The van der Waals surface area contributed by atoms with Gasteiger partial charge in [0.1, 0.15) is 5.75 Å². The smallest absolute Gasteiger partial charge is 0.414 e. The zero-order valence-electron chi connectivity index (χ0n) is 11.9. The van der Waals surface area contributed by atoms with E-state index >= 15 is 0 Å². The molecule has 1 aromatic rings. The summed E-state index contributed by atoms with van der Waals surface area (Å²) in [6.45, 7) is 1.79. The summed E-state index contributed by atoms with van der Waals surface area (Å²) in [6.07, 6.45) is 0.891. The molecule has 110 valence electrons. The van der Waals surface area contributed by atoms with Crippen LogP contribution < -0.4 is 15.0 Å². The first-order valence-electron chi connectivity index (χ1n) is 7.00. The zero-order valence-corrected chi connectivity index (χ0v) is 11.9. The van der Waals surface area contributed by atoms with Gasteiger partial charge in [0.05, 0.1) is 31.9 Å². The van der Waals surface area contributed by atoms with Gasteiger partial charge in [0, 0.05) is 19.1 Å². The van der Waals surface area contributed by atoms with E-state index in [2.05, 4.69) is 11.4 Å². The average Bonchev–Trinajstić information content (AvgIpc) is 2.89. The molecule has 2 aliphatic rings. The molecule has 6 heteroatoms. The number of hydrogen-bond acceptors (Lipinski definition) is 5. The van der Waals surface area contributed by atoms with Crippen molar-refractivity contribution < 1.29 is 14.3 Å². The molecule has 2 aliphatic heterocycles. The van der Waals surface area contributed by atoms with Gasteiger partial charge >= 0.3 is 6.09 Å². The molecule has 6 nitrogen and oxygen atoms in total. The Morgan fingerprint density at radius 3 is 3.14 bits per heavy atom. The van der Waals surface area contributed by atoms with Crippen LogP contribution in [0.15, 0.2) is 12.1 Å². The van der Waals surface area contributed by atoms with Crippen LogP contribution in [0.1, 0.15) is 30.0 Å². The summed E-state index contributed by atoms with van der Waals surface area (Å²) < 4.78 is 10.5. The number of rotatable bonds is 3. The molecule has 1 N–H and O–H groups in total. The van der Waals surface area contributed by atoms with E-state index in [1.165, 1.54) is 0 Å². The number of benzene rings is 1. The monoisotopic (exact) mass is 287 g/mol. The molecule has 0 aliphatic carbocycles. The van der Waals surface area contributed by atoms with Crippen LogP contribution in [0.4, 0.5) is 10.5 Å². The van der Waals surface area contributed by atoms with Crippen molar-refractivity contribution >= 4 is 11.8 Å². The van der Waals surface area contributed by atoms with Crippen LogP contribution in [0, 0.1) is 11.3 Å². The SMILES string of the molecule is COc1cc2c(cc1N1CCCOC1=O)CNC2CC#N. The molecule has 0 radical (unpaired) electrons. The predicted molar refractivity (Wildman–Crippen MR) is 76.1 cm³/mol. The number of amides is 1. The molecule has 0 aromatic heterocycles. The predicted octanol–water partition coefficient (Wildman–Crippen LogP) is 2.10. The van der Waals surface area contributed by atoms with Gasteiger partial charge in [0.2, 0.25) is 0 Å². The van der Waals surface area contributed by atoms with Crippen molar-refractivity contribution in [2.24, 2.45) is 0 Å². The van der Waals surface area contributed by atoms with Crippen LogP contribution in [0.3, 0.4) is 0 Å². The fourth-order valence-electron chi connectivity index (χ4n) is 2.87. The maximum Gasteiger partial charge on any atom is 0.414 e. The highest BCUT2D eigenvalue weighted by molar-refractivity contribution is 5.90. The molecule has 0 spiro atoms. The van der Waals surface area contributed by atoms with Crippen molar-refractivity contribution in [3.63, 3.8) is 0 Å². The lowest BCUT2D eigenvalue weighted by Gasteiger charge is -2.28. The van der Waals surface area contributed by atoms with Crippen molar-refractivity contribution in [3.05, 3.63) is 23.3 Å². The molecule has 1 amide bonds. The number of fused-ring (bicyclic) bond motifs is 1. The lowest BCUT2D eigenvalue weighted by atomic mass is 10.0. The molecule has 1 aromatic carbocycles. The number of anilines is 1. The summed E-state index contributed by atoms with van der Waals surface area (Å²) in [6, 6.07) is 6.10. The van der Waals surface area contributed by atoms with Crippen LogP contribution in [-0.2, 0) is 11.3 Å². The van der Waals surface area contributed by atoms with Gasteiger partial charge in [-0.15, -0.1) is 0 Å². The fraction of sp³-hybridized carbons (Fsp3) is 0.467. The molecule has 2 heterocycles. The van der Waals surface area contributed by atoms with Crippen LogP contribution in [0.2, 0.25) is 0 Å². The molecular formula is C15H17N3O3. The van der Waals surface area contributed by atoms with Crippen LogP contribution >= 0.6 is 0 Å². The van der Waals surface area contributed by atoms with Gasteiger partial charge in [-0.25, -0.2) is 4.79 Å². The maximum atomic E-state index is 11.9. The number of cyclic esters (lactones) is 1. The summed E-state index contributed by atoms with van der Waals surface area (Å²) >= 11 is 0.